The lowest BCUT2D eigenvalue weighted by Crippen LogP contribution is -2.40. The van der Waals surface area contributed by atoms with Crippen LogP contribution in [-0.4, -0.2) is 50.2 Å². The highest BCUT2D eigenvalue weighted by molar-refractivity contribution is 7.93. The summed E-state index contributed by atoms with van der Waals surface area (Å²) in [5, 5.41) is 9.14. The van der Waals surface area contributed by atoms with Gasteiger partial charge in [-0.15, -0.1) is 0 Å². The van der Waals surface area contributed by atoms with Crippen LogP contribution in [0.25, 0.3) is 0 Å². The number of pyridine rings is 1. The van der Waals surface area contributed by atoms with Crippen LogP contribution in [0, 0.1) is 0 Å². The molecule has 1 aromatic rings. The number of aliphatic hydroxyl groups excluding tert-OH is 1. The van der Waals surface area contributed by atoms with Gasteiger partial charge in [0.15, 0.2) is 0 Å². The third-order valence-electron chi connectivity index (χ3n) is 3.62. The van der Waals surface area contributed by atoms with E-state index in [2.05, 4.69) is 9.71 Å². The zero-order chi connectivity index (χ0) is 16.0. The molecule has 0 saturated heterocycles. The monoisotopic (exact) mass is 330 g/mol. The normalized spacial score (nSPS) is 22.3. The molecule has 2 atom stereocenters. The van der Waals surface area contributed by atoms with Gasteiger partial charge in [-0.25, -0.2) is 13.4 Å². The second-order valence-electron chi connectivity index (χ2n) is 5.23. The van der Waals surface area contributed by atoms with Gasteiger partial charge < -0.3 is 14.6 Å². The van der Waals surface area contributed by atoms with Gasteiger partial charge in [-0.05, 0) is 25.0 Å². The molecular formula is C14H22N2O5S. The van der Waals surface area contributed by atoms with E-state index in [-0.39, 0.29) is 18.2 Å². The van der Waals surface area contributed by atoms with Gasteiger partial charge in [0.2, 0.25) is 15.9 Å². The maximum atomic E-state index is 12.5. The summed E-state index contributed by atoms with van der Waals surface area (Å²) in [5.74, 6) is 0.202. The lowest BCUT2D eigenvalue weighted by Gasteiger charge is -2.27. The zero-order valence-electron chi connectivity index (χ0n) is 12.6. The summed E-state index contributed by atoms with van der Waals surface area (Å²) in [4.78, 5) is 4.03. The first kappa shape index (κ1) is 17.0. The Hall–Kier alpha value is -1.38. The van der Waals surface area contributed by atoms with Crippen molar-refractivity contribution in [3.05, 3.63) is 18.3 Å². The molecule has 2 unspecified atom stereocenters. The largest absolute Gasteiger partial charge is 0.474 e. The first-order chi connectivity index (χ1) is 10.5. The molecule has 7 nitrogen and oxygen atoms in total. The number of rotatable bonds is 7. The number of methoxy groups -OCH3 is 1. The number of anilines is 1. The Labute approximate surface area is 130 Å². The molecule has 2 rings (SSSR count). The molecule has 0 amide bonds. The predicted molar refractivity (Wildman–Crippen MR) is 82.4 cm³/mol. The molecule has 0 spiro atoms. The number of hydrogen-bond donors (Lipinski definition) is 2. The number of nitrogens with one attached hydrogen (secondary N) is 1. The smallest absolute Gasteiger partial charge is 0.238 e. The molecule has 1 aliphatic rings. The van der Waals surface area contributed by atoms with Gasteiger partial charge >= 0.3 is 0 Å². The Morgan fingerprint density at radius 2 is 2.14 bits per heavy atom. The minimum Gasteiger partial charge on any atom is -0.474 e. The second-order valence-corrected chi connectivity index (χ2v) is 7.13. The number of ether oxygens (including phenoxy) is 2. The van der Waals surface area contributed by atoms with Crippen LogP contribution >= 0.6 is 0 Å². The maximum Gasteiger partial charge on any atom is 0.238 e. The summed E-state index contributed by atoms with van der Waals surface area (Å²) in [6.45, 7) is 0.651. The number of hydrogen-bond acceptors (Lipinski definition) is 6. The number of aromatic nitrogens is 1. The lowest BCUT2D eigenvalue weighted by molar-refractivity contribution is 0.133. The van der Waals surface area contributed by atoms with E-state index in [0.717, 1.165) is 12.8 Å². The third-order valence-corrected chi connectivity index (χ3v) is 5.47. The van der Waals surface area contributed by atoms with E-state index in [4.69, 9.17) is 9.47 Å². The molecule has 22 heavy (non-hydrogen) atoms. The average molecular weight is 330 g/mol. The van der Waals surface area contributed by atoms with Crippen molar-refractivity contribution in [2.24, 2.45) is 0 Å². The van der Waals surface area contributed by atoms with E-state index in [1.54, 1.807) is 19.2 Å². The molecule has 1 saturated carbocycles. The molecule has 8 heteroatoms. The molecular weight excluding hydrogens is 308 g/mol. The summed E-state index contributed by atoms with van der Waals surface area (Å²) in [6, 6.07) is 3.21. The Bertz CT molecular complexity index is 578. The second kappa shape index (κ2) is 7.75. The van der Waals surface area contributed by atoms with Crippen LogP contribution in [0.2, 0.25) is 0 Å². The molecule has 1 aliphatic carbocycles. The Kier molecular flexibility index (Phi) is 5.98. The van der Waals surface area contributed by atoms with Crippen molar-refractivity contribution in [3.8, 4) is 5.88 Å². The molecule has 2 N–H and O–H groups in total. The van der Waals surface area contributed by atoms with Crippen molar-refractivity contribution in [2.45, 2.75) is 37.0 Å². The fraction of sp³-hybridized carbons (Fsp3) is 0.643. The van der Waals surface area contributed by atoms with Crippen molar-refractivity contribution >= 4 is 15.7 Å². The van der Waals surface area contributed by atoms with Gasteiger partial charge in [0.25, 0.3) is 0 Å². The van der Waals surface area contributed by atoms with Crippen LogP contribution in [0.1, 0.15) is 25.7 Å². The molecule has 1 heterocycles. The number of aliphatic hydroxyl groups is 1. The van der Waals surface area contributed by atoms with Crippen LogP contribution in [0.4, 0.5) is 5.69 Å². The topological polar surface area (TPSA) is 97.8 Å². The van der Waals surface area contributed by atoms with Crippen LogP contribution < -0.4 is 9.46 Å². The van der Waals surface area contributed by atoms with Crippen molar-refractivity contribution in [1.82, 2.24) is 4.98 Å². The molecule has 0 aromatic carbocycles. The standard InChI is InChI=1S/C14H22N2O5S/c1-20-9-10-21-14-11(5-4-8-15-14)16-22(18,19)13-7-3-2-6-12(13)17/h4-5,8,12-13,16-17H,2-3,6-7,9-10H2,1H3. The van der Waals surface area contributed by atoms with Gasteiger partial charge in [0.1, 0.15) is 17.5 Å². The Morgan fingerprint density at radius 1 is 1.36 bits per heavy atom. The fourth-order valence-corrected chi connectivity index (χ4v) is 4.11. The minimum absolute atomic E-state index is 0.202. The van der Waals surface area contributed by atoms with E-state index in [0.29, 0.717) is 19.4 Å². The van der Waals surface area contributed by atoms with Crippen molar-refractivity contribution < 1.29 is 23.0 Å². The van der Waals surface area contributed by atoms with Crippen molar-refractivity contribution in [2.75, 3.05) is 25.0 Å². The van der Waals surface area contributed by atoms with E-state index < -0.39 is 21.4 Å². The van der Waals surface area contributed by atoms with E-state index in [1.807, 2.05) is 0 Å². The molecule has 0 radical (unpaired) electrons. The first-order valence-corrected chi connectivity index (χ1v) is 8.85. The molecule has 0 bridgehead atoms. The van der Waals surface area contributed by atoms with E-state index >= 15 is 0 Å². The molecule has 1 aromatic heterocycles. The van der Waals surface area contributed by atoms with E-state index in [1.165, 1.54) is 6.20 Å². The highest BCUT2D eigenvalue weighted by atomic mass is 32.2. The SMILES string of the molecule is COCCOc1ncccc1NS(=O)(=O)C1CCCCC1O. The fourth-order valence-electron chi connectivity index (χ4n) is 2.47. The van der Waals surface area contributed by atoms with Gasteiger partial charge in [-0.3, -0.25) is 4.72 Å². The average Bonchev–Trinajstić information content (AvgIpc) is 2.49. The summed E-state index contributed by atoms with van der Waals surface area (Å²) in [7, 11) is -2.14. The maximum absolute atomic E-state index is 12.5. The Balaban J connectivity index is 2.11. The molecule has 124 valence electrons. The summed E-state index contributed by atoms with van der Waals surface area (Å²) >= 11 is 0. The Morgan fingerprint density at radius 3 is 2.86 bits per heavy atom. The summed E-state index contributed by atoms with van der Waals surface area (Å²) in [6.07, 6.45) is 3.31. The summed E-state index contributed by atoms with van der Waals surface area (Å²) < 4.78 is 37.7. The third kappa shape index (κ3) is 4.31. The highest BCUT2D eigenvalue weighted by Crippen LogP contribution is 2.28. The van der Waals surface area contributed by atoms with Crippen molar-refractivity contribution in [3.63, 3.8) is 0 Å². The van der Waals surface area contributed by atoms with Crippen molar-refractivity contribution in [1.29, 1.82) is 0 Å². The molecule has 1 fully saturated rings. The van der Waals surface area contributed by atoms with Gasteiger partial charge in [-0.2, -0.15) is 0 Å². The first-order valence-electron chi connectivity index (χ1n) is 7.31. The minimum atomic E-state index is -3.69. The zero-order valence-corrected chi connectivity index (χ0v) is 13.4. The van der Waals surface area contributed by atoms with Crippen LogP contribution in [0.3, 0.4) is 0 Å². The highest BCUT2D eigenvalue weighted by Gasteiger charge is 2.35. The van der Waals surface area contributed by atoms with Crippen LogP contribution in [0.5, 0.6) is 5.88 Å². The molecule has 0 aliphatic heterocycles. The predicted octanol–water partition coefficient (Wildman–Crippen LogP) is 1.15. The number of sulfonamides is 1. The lowest BCUT2D eigenvalue weighted by atomic mass is 9.97. The van der Waals surface area contributed by atoms with E-state index in [9.17, 15) is 13.5 Å². The van der Waals surface area contributed by atoms with Crippen LogP contribution in [0.15, 0.2) is 18.3 Å². The van der Waals surface area contributed by atoms with Gasteiger partial charge in [-0.1, -0.05) is 12.8 Å². The van der Waals surface area contributed by atoms with Gasteiger partial charge in [0, 0.05) is 13.3 Å². The summed E-state index contributed by atoms with van der Waals surface area (Å²) in [5.41, 5.74) is 0.274. The quantitative estimate of drug-likeness (QED) is 0.728. The number of nitrogens with zero attached hydrogens (tertiary/aromatic N) is 1. The van der Waals surface area contributed by atoms with Crippen LogP contribution in [-0.2, 0) is 14.8 Å². The van der Waals surface area contributed by atoms with Gasteiger partial charge in [0.05, 0.1) is 12.7 Å².